The van der Waals surface area contributed by atoms with E-state index < -0.39 is 0 Å². The highest BCUT2D eigenvalue weighted by molar-refractivity contribution is 8.00. The summed E-state index contributed by atoms with van der Waals surface area (Å²) in [4.78, 5) is 33.7. The molecule has 1 aliphatic heterocycles. The first-order valence-corrected chi connectivity index (χ1v) is 10.9. The minimum Gasteiger partial charge on any atom is -0.369 e. The summed E-state index contributed by atoms with van der Waals surface area (Å²) in [7, 11) is 0. The minimum atomic E-state index is -0.385. The topological polar surface area (TPSA) is 79.5 Å². The van der Waals surface area contributed by atoms with Crippen molar-refractivity contribution in [1.29, 1.82) is 0 Å². The van der Waals surface area contributed by atoms with Crippen LogP contribution in [-0.4, -0.2) is 58.5 Å². The first-order chi connectivity index (χ1) is 13.1. The van der Waals surface area contributed by atoms with E-state index in [2.05, 4.69) is 22.2 Å². The third-order valence-electron chi connectivity index (χ3n) is 4.43. The van der Waals surface area contributed by atoms with E-state index in [-0.39, 0.29) is 17.6 Å². The highest BCUT2D eigenvalue weighted by atomic mass is 32.2. The lowest BCUT2D eigenvalue weighted by molar-refractivity contribution is -0.115. The number of primary amides is 1. The van der Waals surface area contributed by atoms with Crippen molar-refractivity contribution in [3.8, 4) is 0 Å². The number of thiazole rings is 1. The van der Waals surface area contributed by atoms with Gasteiger partial charge in [-0.15, -0.1) is 23.1 Å². The molecule has 1 fully saturated rings. The molecule has 2 heterocycles. The van der Waals surface area contributed by atoms with Gasteiger partial charge < -0.3 is 10.6 Å². The van der Waals surface area contributed by atoms with Crippen molar-refractivity contribution in [2.45, 2.75) is 24.8 Å². The maximum absolute atomic E-state index is 12.9. The number of aryl methyl sites for hydroxylation is 1. The third kappa shape index (κ3) is 5.31. The molecule has 2 amide bonds. The molecular weight excluding hydrogens is 380 g/mol. The number of hydrogen-bond acceptors (Lipinski definition) is 6. The Morgan fingerprint density at radius 3 is 2.63 bits per heavy atom. The fraction of sp³-hybridized carbons (Fsp3) is 0.421. The number of hydrogen-bond donors (Lipinski definition) is 1. The van der Waals surface area contributed by atoms with Crippen LogP contribution in [-0.2, 0) is 17.8 Å². The highest BCUT2D eigenvalue weighted by Crippen LogP contribution is 2.24. The van der Waals surface area contributed by atoms with E-state index in [0.717, 1.165) is 36.6 Å². The number of aromatic nitrogens is 1. The Kier molecular flexibility index (Phi) is 6.87. The van der Waals surface area contributed by atoms with Crippen molar-refractivity contribution in [1.82, 2.24) is 14.8 Å². The van der Waals surface area contributed by atoms with E-state index in [4.69, 9.17) is 5.73 Å². The van der Waals surface area contributed by atoms with Gasteiger partial charge in [0.15, 0.2) is 0 Å². The van der Waals surface area contributed by atoms with Gasteiger partial charge in [0.25, 0.3) is 5.91 Å². The number of piperazine rings is 1. The van der Waals surface area contributed by atoms with Gasteiger partial charge in [-0.3, -0.25) is 14.5 Å². The molecule has 6 nitrogen and oxygen atoms in total. The average molecular weight is 405 g/mol. The third-order valence-corrected chi connectivity index (χ3v) is 6.57. The Balaban J connectivity index is 1.57. The largest absolute Gasteiger partial charge is 0.369 e. The quantitative estimate of drug-likeness (QED) is 0.716. The molecule has 1 saturated heterocycles. The molecule has 2 aromatic rings. The summed E-state index contributed by atoms with van der Waals surface area (Å²) < 4.78 is 0. The molecule has 0 saturated carbocycles. The van der Waals surface area contributed by atoms with Crippen LogP contribution in [0.25, 0.3) is 0 Å². The molecule has 1 aliphatic rings. The molecule has 1 aromatic heterocycles. The van der Waals surface area contributed by atoms with E-state index in [1.807, 2.05) is 29.2 Å². The predicted octanol–water partition coefficient (Wildman–Crippen LogP) is 2.24. The zero-order valence-corrected chi connectivity index (χ0v) is 17.0. The van der Waals surface area contributed by atoms with E-state index in [9.17, 15) is 9.59 Å². The van der Waals surface area contributed by atoms with Gasteiger partial charge in [-0.05, 0) is 18.6 Å². The van der Waals surface area contributed by atoms with E-state index in [1.54, 1.807) is 11.3 Å². The summed E-state index contributed by atoms with van der Waals surface area (Å²) in [5.41, 5.74) is 6.99. The Labute approximate surface area is 167 Å². The van der Waals surface area contributed by atoms with Crippen molar-refractivity contribution in [3.05, 3.63) is 45.9 Å². The molecule has 27 heavy (non-hydrogen) atoms. The van der Waals surface area contributed by atoms with Gasteiger partial charge in [0.1, 0.15) is 0 Å². The van der Waals surface area contributed by atoms with Crippen molar-refractivity contribution in [3.63, 3.8) is 0 Å². The first-order valence-electron chi connectivity index (χ1n) is 9.02. The summed E-state index contributed by atoms with van der Waals surface area (Å²) in [5.74, 6) is -0.195. The fourth-order valence-electron chi connectivity index (χ4n) is 3.01. The Hall–Kier alpha value is -1.90. The number of thioether (sulfide) groups is 1. The molecule has 3 rings (SSSR count). The number of amides is 2. The second kappa shape index (κ2) is 9.34. The molecule has 1 aromatic carbocycles. The smallest absolute Gasteiger partial charge is 0.255 e. The fourth-order valence-corrected chi connectivity index (χ4v) is 4.53. The summed E-state index contributed by atoms with van der Waals surface area (Å²) in [5, 5.41) is 3.30. The second-order valence-corrected chi connectivity index (χ2v) is 8.37. The van der Waals surface area contributed by atoms with Gasteiger partial charge in [-0.2, -0.15) is 0 Å². The molecule has 2 N–H and O–H groups in total. The zero-order valence-electron chi connectivity index (χ0n) is 15.4. The number of carbonyl (C=O) groups excluding carboxylic acids is 2. The van der Waals surface area contributed by atoms with Crippen molar-refractivity contribution in [2.24, 2.45) is 5.73 Å². The molecule has 8 heteroatoms. The van der Waals surface area contributed by atoms with Crippen LogP contribution in [0.3, 0.4) is 0 Å². The summed E-state index contributed by atoms with van der Waals surface area (Å²) in [6.07, 6.45) is 0.972. The van der Waals surface area contributed by atoms with Crippen LogP contribution in [0, 0.1) is 0 Å². The first kappa shape index (κ1) is 19.9. The van der Waals surface area contributed by atoms with Crippen LogP contribution in [0.2, 0.25) is 0 Å². The van der Waals surface area contributed by atoms with Crippen molar-refractivity contribution in [2.75, 3.05) is 31.9 Å². The highest BCUT2D eigenvalue weighted by Gasteiger charge is 2.24. The molecular formula is C19H24N4O2S2. The van der Waals surface area contributed by atoms with Crippen LogP contribution in [0.1, 0.15) is 28.0 Å². The average Bonchev–Trinajstić information content (AvgIpc) is 3.14. The van der Waals surface area contributed by atoms with E-state index in [1.165, 1.54) is 16.8 Å². The van der Waals surface area contributed by atoms with Crippen LogP contribution < -0.4 is 5.73 Å². The maximum atomic E-state index is 12.9. The lowest BCUT2D eigenvalue weighted by atomic mass is 10.1. The standard InChI is InChI=1S/C19H24N4O2S2/c1-2-18-21-14(12-27-18)11-22-7-9-23(10-8-22)19(25)15-5-3-4-6-16(15)26-13-17(20)24/h3-6,12H,2,7-11,13H2,1H3,(H2,20,24). The Morgan fingerprint density at radius 1 is 1.22 bits per heavy atom. The molecule has 0 spiro atoms. The van der Waals surface area contributed by atoms with Gasteiger partial charge in [0, 0.05) is 43.0 Å². The molecule has 0 bridgehead atoms. The van der Waals surface area contributed by atoms with Crippen LogP contribution >= 0.6 is 23.1 Å². The number of rotatable bonds is 7. The zero-order chi connectivity index (χ0) is 19.2. The van der Waals surface area contributed by atoms with E-state index >= 15 is 0 Å². The molecule has 144 valence electrons. The molecule has 0 radical (unpaired) electrons. The Morgan fingerprint density at radius 2 is 1.96 bits per heavy atom. The van der Waals surface area contributed by atoms with Crippen molar-refractivity contribution < 1.29 is 9.59 Å². The van der Waals surface area contributed by atoms with Crippen LogP contribution in [0.5, 0.6) is 0 Å². The maximum Gasteiger partial charge on any atom is 0.255 e. The number of carbonyl (C=O) groups is 2. The van der Waals surface area contributed by atoms with Gasteiger partial charge in [-0.1, -0.05) is 19.1 Å². The van der Waals surface area contributed by atoms with Gasteiger partial charge in [0.2, 0.25) is 5.91 Å². The Bertz CT molecular complexity index is 801. The SMILES string of the molecule is CCc1nc(CN2CCN(C(=O)c3ccccc3SCC(N)=O)CC2)cs1. The normalized spacial score (nSPS) is 15.1. The van der Waals surface area contributed by atoms with Gasteiger partial charge in [0.05, 0.1) is 22.0 Å². The van der Waals surface area contributed by atoms with Crippen LogP contribution in [0.15, 0.2) is 34.5 Å². The minimum absolute atomic E-state index is 0.0177. The van der Waals surface area contributed by atoms with Crippen molar-refractivity contribution >= 4 is 34.9 Å². The molecule has 0 unspecified atom stereocenters. The second-order valence-electron chi connectivity index (χ2n) is 6.41. The van der Waals surface area contributed by atoms with Gasteiger partial charge >= 0.3 is 0 Å². The number of nitrogens with two attached hydrogens (primary N) is 1. The van der Waals surface area contributed by atoms with Gasteiger partial charge in [-0.25, -0.2) is 4.98 Å². The monoisotopic (exact) mass is 404 g/mol. The molecule has 0 atom stereocenters. The van der Waals surface area contributed by atoms with E-state index in [0.29, 0.717) is 18.7 Å². The summed E-state index contributed by atoms with van der Waals surface area (Å²) in [6, 6.07) is 7.41. The summed E-state index contributed by atoms with van der Waals surface area (Å²) in [6.45, 7) is 6.01. The molecule has 0 aliphatic carbocycles. The number of benzene rings is 1. The summed E-state index contributed by atoms with van der Waals surface area (Å²) >= 11 is 3.03. The predicted molar refractivity (Wildman–Crippen MR) is 109 cm³/mol. The number of nitrogens with zero attached hydrogens (tertiary/aromatic N) is 3. The lowest BCUT2D eigenvalue weighted by Gasteiger charge is -2.34. The van der Waals surface area contributed by atoms with Crippen LogP contribution in [0.4, 0.5) is 0 Å². The lowest BCUT2D eigenvalue weighted by Crippen LogP contribution is -2.48.